The van der Waals surface area contributed by atoms with E-state index in [9.17, 15) is 4.79 Å². The minimum Gasteiger partial charge on any atom is -0.492 e. The molecular weight excluding hydrogens is 424 g/mol. The van der Waals surface area contributed by atoms with Gasteiger partial charge in [0.1, 0.15) is 11.4 Å². The average Bonchev–Trinajstić information content (AvgIpc) is 3.14. The molecule has 2 aromatic heterocycles. The maximum Gasteiger partial charge on any atom is 0.439 e. The number of halogens is 1. The molecule has 8 heteroatoms. The van der Waals surface area contributed by atoms with Crippen molar-refractivity contribution in [2.75, 3.05) is 19.7 Å². The Labute approximate surface area is 170 Å². The van der Waals surface area contributed by atoms with Crippen molar-refractivity contribution in [1.29, 1.82) is 0 Å². The summed E-state index contributed by atoms with van der Waals surface area (Å²) in [5, 5.41) is 3.62. The molecule has 0 unspecified atom stereocenters. The maximum absolute atomic E-state index is 11.0. The molecule has 0 atom stereocenters. The second kappa shape index (κ2) is 8.70. The molecule has 0 radical (unpaired) electrons. The van der Waals surface area contributed by atoms with Gasteiger partial charge in [0.15, 0.2) is 0 Å². The van der Waals surface area contributed by atoms with Crippen molar-refractivity contribution < 1.29 is 9.26 Å². The first-order valence-corrected chi connectivity index (χ1v) is 10.1. The van der Waals surface area contributed by atoms with Crippen molar-refractivity contribution in [3.8, 4) is 17.3 Å². The normalized spacial score (nSPS) is 15.6. The number of H-pyrrole nitrogens is 1. The number of benzene rings is 1. The summed E-state index contributed by atoms with van der Waals surface area (Å²) in [6.07, 6.45) is 3.89. The fraction of sp³-hybridized carbons (Fsp3) is 0.350. The van der Waals surface area contributed by atoms with Crippen LogP contribution >= 0.6 is 15.9 Å². The van der Waals surface area contributed by atoms with E-state index in [1.54, 1.807) is 12.3 Å². The minimum atomic E-state index is -0.594. The summed E-state index contributed by atoms with van der Waals surface area (Å²) in [5.74, 6) is 0.981. The molecule has 4 rings (SSSR count). The van der Waals surface area contributed by atoms with Crippen LogP contribution < -0.4 is 10.5 Å². The molecule has 0 aliphatic carbocycles. The van der Waals surface area contributed by atoms with E-state index >= 15 is 0 Å². The van der Waals surface area contributed by atoms with Gasteiger partial charge in [0.05, 0.1) is 12.8 Å². The molecule has 0 saturated carbocycles. The molecule has 28 heavy (non-hydrogen) atoms. The highest BCUT2D eigenvalue weighted by molar-refractivity contribution is 9.10. The molecule has 3 heterocycles. The fourth-order valence-electron chi connectivity index (χ4n) is 3.36. The van der Waals surface area contributed by atoms with Crippen molar-refractivity contribution in [3.63, 3.8) is 0 Å². The van der Waals surface area contributed by atoms with E-state index in [4.69, 9.17) is 4.74 Å². The Morgan fingerprint density at radius 2 is 2.11 bits per heavy atom. The highest BCUT2D eigenvalue weighted by Crippen LogP contribution is 2.22. The van der Waals surface area contributed by atoms with Crippen LogP contribution in [0.2, 0.25) is 0 Å². The van der Waals surface area contributed by atoms with Gasteiger partial charge in [-0.3, -0.25) is 14.4 Å². The van der Waals surface area contributed by atoms with Gasteiger partial charge in [-0.15, -0.1) is 0 Å². The van der Waals surface area contributed by atoms with E-state index in [1.807, 2.05) is 6.07 Å². The first-order chi connectivity index (χ1) is 13.7. The molecule has 1 fully saturated rings. The molecule has 1 aliphatic rings. The summed E-state index contributed by atoms with van der Waals surface area (Å²) in [5.41, 5.74) is 1.88. The molecule has 1 N–H and O–H groups in total. The molecule has 0 spiro atoms. The summed E-state index contributed by atoms with van der Waals surface area (Å²) in [7, 11) is 0. The van der Waals surface area contributed by atoms with Gasteiger partial charge in [-0.2, -0.15) is 0 Å². The smallest absolute Gasteiger partial charge is 0.439 e. The molecule has 1 saturated heterocycles. The summed E-state index contributed by atoms with van der Waals surface area (Å²) >= 11 is 3.53. The van der Waals surface area contributed by atoms with Gasteiger partial charge in [0.25, 0.3) is 0 Å². The molecule has 3 aromatic rings. The zero-order chi connectivity index (χ0) is 19.3. The van der Waals surface area contributed by atoms with E-state index in [0.717, 1.165) is 36.9 Å². The number of hydrogen-bond donors (Lipinski definition) is 1. The van der Waals surface area contributed by atoms with E-state index in [-0.39, 0.29) is 0 Å². The van der Waals surface area contributed by atoms with Gasteiger partial charge in [-0.1, -0.05) is 33.2 Å². The number of nitrogens with one attached hydrogen (secondary N) is 1. The highest BCUT2D eigenvalue weighted by Gasteiger charge is 2.20. The number of pyridine rings is 1. The zero-order valence-electron chi connectivity index (χ0n) is 15.3. The summed E-state index contributed by atoms with van der Waals surface area (Å²) in [6.45, 7) is 3.84. The van der Waals surface area contributed by atoms with Crippen LogP contribution in [0.1, 0.15) is 18.4 Å². The lowest BCUT2D eigenvalue weighted by Crippen LogP contribution is -2.35. The number of hydrogen-bond acceptors (Lipinski definition) is 6. The van der Waals surface area contributed by atoms with Crippen molar-refractivity contribution >= 4 is 15.9 Å². The number of likely N-dealkylation sites (tertiary alicyclic amines) is 1. The first kappa shape index (κ1) is 18.9. The molecule has 7 nitrogen and oxygen atoms in total. The predicted molar refractivity (Wildman–Crippen MR) is 108 cm³/mol. The van der Waals surface area contributed by atoms with E-state index < -0.39 is 5.76 Å². The lowest BCUT2D eigenvalue weighted by Gasteiger charge is -2.31. The predicted octanol–water partition coefficient (Wildman–Crippen LogP) is 3.48. The monoisotopic (exact) mass is 444 g/mol. The fourth-order valence-corrected chi connectivity index (χ4v) is 3.81. The van der Waals surface area contributed by atoms with Gasteiger partial charge < -0.3 is 4.74 Å². The Kier molecular flexibility index (Phi) is 5.87. The standard InChI is InChI=1S/C20H21BrN4O3/c21-16-3-1-2-15(10-16)12-25-8-6-14(7-9-25)13-27-17-4-5-18(22-11-17)19-23-20(26)28-24-19/h1-5,10-11,14H,6-9,12-13H2,(H,23,24,26). The van der Waals surface area contributed by atoms with Crippen molar-refractivity contribution in [3.05, 3.63) is 63.2 Å². The number of piperidine rings is 1. The third kappa shape index (κ3) is 4.88. The minimum absolute atomic E-state index is 0.314. The van der Waals surface area contributed by atoms with Gasteiger partial charge >= 0.3 is 5.76 Å². The average molecular weight is 445 g/mol. The Hall–Kier alpha value is -2.45. The van der Waals surface area contributed by atoms with E-state index in [2.05, 4.69) is 64.7 Å². The second-order valence-electron chi connectivity index (χ2n) is 6.98. The third-order valence-electron chi connectivity index (χ3n) is 4.91. The molecule has 0 bridgehead atoms. The summed E-state index contributed by atoms with van der Waals surface area (Å²) in [6, 6.07) is 12.1. The first-order valence-electron chi connectivity index (χ1n) is 9.28. The SMILES string of the molecule is O=c1[nH]c(-c2ccc(OCC3CCN(Cc4cccc(Br)c4)CC3)cn2)no1. The van der Waals surface area contributed by atoms with Gasteiger partial charge in [-0.05, 0) is 61.7 Å². The Morgan fingerprint density at radius 3 is 2.79 bits per heavy atom. The van der Waals surface area contributed by atoms with Crippen molar-refractivity contribution in [2.24, 2.45) is 5.92 Å². The second-order valence-corrected chi connectivity index (χ2v) is 7.90. The Morgan fingerprint density at radius 1 is 1.25 bits per heavy atom. The molecular formula is C20H21BrN4O3. The largest absolute Gasteiger partial charge is 0.492 e. The Bertz CT molecular complexity index is 962. The number of rotatable bonds is 6. The maximum atomic E-state index is 11.0. The van der Waals surface area contributed by atoms with Crippen LogP contribution in [-0.4, -0.2) is 39.7 Å². The number of aromatic nitrogens is 3. The van der Waals surface area contributed by atoms with Crippen LogP contribution in [0.25, 0.3) is 11.5 Å². The lowest BCUT2D eigenvalue weighted by atomic mass is 9.97. The van der Waals surface area contributed by atoms with Gasteiger partial charge in [-0.25, -0.2) is 9.78 Å². The number of nitrogens with zero attached hydrogens (tertiary/aromatic N) is 3. The van der Waals surface area contributed by atoms with Gasteiger partial charge in [0, 0.05) is 11.0 Å². The van der Waals surface area contributed by atoms with Crippen LogP contribution in [0.5, 0.6) is 5.75 Å². The van der Waals surface area contributed by atoms with E-state index in [0.29, 0.717) is 29.8 Å². The van der Waals surface area contributed by atoms with Crippen LogP contribution in [0, 0.1) is 5.92 Å². The van der Waals surface area contributed by atoms with Gasteiger partial charge in [0.2, 0.25) is 5.82 Å². The Balaban J connectivity index is 1.23. The molecule has 0 amide bonds. The van der Waals surface area contributed by atoms with Crippen LogP contribution in [0.4, 0.5) is 0 Å². The number of ether oxygens (including phenoxy) is 1. The van der Waals surface area contributed by atoms with Crippen molar-refractivity contribution in [1.82, 2.24) is 20.0 Å². The zero-order valence-corrected chi connectivity index (χ0v) is 16.9. The topological polar surface area (TPSA) is 84.3 Å². The summed E-state index contributed by atoms with van der Waals surface area (Å²) in [4.78, 5) is 20.2. The number of aromatic amines is 1. The van der Waals surface area contributed by atoms with Crippen molar-refractivity contribution in [2.45, 2.75) is 19.4 Å². The molecule has 146 valence electrons. The molecule has 1 aromatic carbocycles. The van der Waals surface area contributed by atoms with E-state index in [1.165, 1.54) is 5.56 Å². The lowest BCUT2D eigenvalue weighted by molar-refractivity contribution is 0.136. The van der Waals surface area contributed by atoms with Crippen LogP contribution in [0.3, 0.4) is 0 Å². The van der Waals surface area contributed by atoms with Crippen LogP contribution in [0.15, 0.2) is 56.4 Å². The third-order valence-corrected chi connectivity index (χ3v) is 5.40. The summed E-state index contributed by atoms with van der Waals surface area (Å²) < 4.78 is 11.5. The molecule has 1 aliphatic heterocycles. The quantitative estimate of drug-likeness (QED) is 0.626. The highest BCUT2D eigenvalue weighted by atomic mass is 79.9. The van der Waals surface area contributed by atoms with Crippen LogP contribution in [-0.2, 0) is 6.54 Å².